The molecule has 134 valence electrons. The summed E-state index contributed by atoms with van der Waals surface area (Å²) >= 11 is 1.87. The van der Waals surface area contributed by atoms with Crippen LogP contribution in [-0.2, 0) is 4.74 Å². The molecule has 0 aromatic heterocycles. The number of nitrogens with zero attached hydrogens (tertiary/aromatic N) is 2. The maximum absolute atomic E-state index is 5.86. The summed E-state index contributed by atoms with van der Waals surface area (Å²) in [5.74, 6) is 3.63. The Bertz CT molecular complexity index is 349. The number of hydrogen-bond acceptors (Lipinski definition) is 4. The van der Waals surface area contributed by atoms with Gasteiger partial charge in [-0.2, -0.15) is 11.8 Å². The van der Waals surface area contributed by atoms with E-state index in [9.17, 15) is 0 Å². The lowest BCUT2D eigenvalue weighted by Gasteiger charge is -2.33. The predicted octanol–water partition coefficient (Wildman–Crippen LogP) is 1.82. The van der Waals surface area contributed by atoms with Crippen molar-refractivity contribution in [1.29, 1.82) is 0 Å². The Morgan fingerprint density at radius 3 is 3.00 bits per heavy atom. The van der Waals surface area contributed by atoms with Gasteiger partial charge in [-0.15, -0.1) is 6.58 Å². The average molecular weight is 343 g/mol. The molecule has 5 nitrogen and oxygen atoms in total. The summed E-state index contributed by atoms with van der Waals surface area (Å²) in [4.78, 5) is 7.17. The highest BCUT2D eigenvalue weighted by Gasteiger charge is 2.20. The monoisotopic (exact) mass is 342 g/mol. The number of aliphatic imine (C=N–C) groups is 1. The summed E-state index contributed by atoms with van der Waals surface area (Å²) in [7, 11) is 0. The topological polar surface area (TPSA) is 48.9 Å². The number of thioether (sulfide) groups is 1. The van der Waals surface area contributed by atoms with Crippen molar-refractivity contribution < 1.29 is 4.74 Å². The van der Waals surface area contributed by atoms with Crippen molar-refractivity contribution in [2.24, 2.45) is 10.9 Å². The highest BCUT2D eigenvalue weighted by Crippen LogP contribution is 2.08. The Morgan fingerprint density at radius 2 is 2.30 bits per heavy atom. The summed E-state index contributed by atoms with van der Waals surface area (Å²) in [5.41, 5.74) is 0. The Hall–Kier alpha value is -0.720. The van der Waals surface area contributed by atoms with Crippen molar-refractivity contribution in [2.45, 2.75) is 26.9 Å². The zero-order chi connectivity index (χ0) is 16.9. The number of nitrogens with one attached hydrogen (secondary N) is 2. The minimum Gasteiger partial charge on any atom is -0.374 e. The molecule has 2 N–H and O–H groups in total. The summed E-state index contributed by atoms with van der Waals surface area (Å²) in [6.45, 7) is 16.8. The molecule has 0 aromatic rings. The van der Waals surface area contributed by atoms with Crippen LogP contribution < -0.4 is 10.6 Å². The molecule has 0 spiro atoms. The molecule has 6 heteroatoms. The van der Waals surface area contributed by atoms with Gasteiger partial charge in [0.1, 0.15) is 0 Å². The van der Waals surface area contributed by atoms with Crippen LogP contribution in [0.15, 0.2) is 17.6 Å². The first kappa shape index (κ1) is 20.3. The van der Waals surface area contributed by atoms with Gasteiger partial charge in [-0.1, -0.05) is 19.9 Å². The first-order valence-electron chi connectivity index (χ1n) is 8.70. The zero-order valence-electron chi connectivity index (χ0n) is 15.0. The molecule has 0 amide bonds. The SMILES string of the molecule is C=CCSCCNC(=NCC1CN(CC(C)C)CCO1)NCC. The van der Waals surface area contributed by atoms with Crippen LogP contribution in [0.1, 0.15) is 20.8 Å². The van der Waals surface area contributed by atoms with Crippen molar-refractivity contribution in [3.8, 4) is 0 Å². The normalized spacial score (nSPS) is 19.8. The predicted molar refractivity (Wildman–Crippen MR) is 103 cm³/mol. The summed E-state index contributed by atoms with van der Waals surface area (Å²) in [6.07, 6.45) is 2.14. The lowest BCUT2D eigenvalue weighted by atomic mass is 10.2. The van der Waals surface area contributed by atoms with E-state index in [0.717, 1.165) is 56.8 Å². The molecular formula is C17H34N4OS. The second-order valence-electron chi connectivity index (χ2n) is 6.16. The molecular weight excluding hydrogens is 308 g/mol. The number of ether oxygens (including phenoxy) is 1. The van der Waals surface area contributed by atoms with E-state index in [1.807, 2.05) is 17.8 Å². The minimum absolute atomic E-state index is 0.202. The molecule has 23 heavy (non-hydrogen) atoms. The van der Waals surface area contributed by atoms with Gasteiger partial charge in [0.25, 0.3) is 0 Å². The van der Waals surface area contributed by atoms with Gasteiger partial charge in [0.15, 0.2) is 5.96 Å². The van der Waals surface area contributed by atoms with Crippen LogP contribution in [0.2, 0.25) is 0 Å². The van der Waals surface area contributed by atoms with Crippen LogP contribution in [0, 0.1) is 5.92 Å². The lowest BCUT2D eigenvalue weighted by molar-refractivity contribution is -0.0261. The van der Waals surface area contributed by atoms with E-state index < -0.39 is 0 Å². The maximum atomic E-state index is 5.86. The molecule has 0 radical (unpaired) electrons. The van der Waals surface area contributed by atoms with E-state index in [-0.39, 0.29) is 6.10 Å². The van der Waals surface area contributed by atoms with Crippen LogP contribution >= 0.6 is 11.8 Å². The quantitative estimate of drug-likeness (QED) is 0.274. The van der Waals surface area contributed by atoms with Gasteiger partial charge < -0.3 is 15.4 Å². The van der Waals surface area contributed by atoms with Gasteiger partial charge in [-0.3, -0.25) is 9.89 Å². The average Bonchev–Trinajstić information content (AvgIpc) is 2.52. The third kappa shape index (κ3) is 9.89. The van der Waals surface area contributed by atoms with Gasteiger partial charge in [0.2, 0.25) is 0 Å². The van der Waals surface area contributed by atoms with Gasteiger partial charge in [0.05, 0.1) is 19.3 Å². The molecule has 0 aliphatic carbocycles. The van der Waals surface area contributed by atoms with Crippen LogP contribution in [0.4, 0.5) is 0 Å². The molecule has 1 fully saturated rings. The second-order valence-corrected chi connectivity index (χ2v) is 7.31. The Balaban J connectivity index is 2.35. The first-order chi connectivity index (χ1) is 11.2. The third-order valence-corrected chi connectivity index (χ3v) is 4.38. The van der Waals surface area contributed by atoms with E-state index in [2.05, 4.69) is 47.9 Å². The molecule has 0 aromatic carbocycles. The van der Waals surface area contributed by atoms with E-state index in [4.69, 9.17) is 4.74 Å². The van der Waals surface area contributed by atoms with E-state index in [1.165, 1.54) is 0 Å². The van der Waals surface area contributed by atoms with Crippen molar-refractivity contribution in [3.63, 3.8) is 0 Å². The highest BCUT2D eigenvalue weighted by atomic mass is 32.2. The standard InChI is InChI=1S/C17H34N4OS/c1-5-10-23-11-7-19-17(18-6-2)20-12-16-14-21(8-9-22-16)13-15(3)4/h5,15-16H,1,6-14H2,2-4H3,(H2,18,19,20). The fraction of sp³-hybridized carbons (Fsp3) is 0.824. The molecule has 1 aliphatic heterocycles. The zero-order valence-corrected chi connectivity index (χ0v) is 15.8. The molecule has 0 bridgehead atoms. The largest absolute Gasteiger partial charge is 0.374 e. The second kappa shape index (κ2) is 12.7. The molecule has 1 aliphatic rings. The summed E-state index contributed by atoms with van der Waals surface area (Å²) < 4.78 is 5.86. The van der Waals surface area contributed by atoms with Crippen molar-refractivity contribution in [1.82, 2.24) is 15.5 Å². The minimum atomic E-state index is 0.202. The van der Waals surface area contributed by atoms with E-state index in [0.29, 0.717) is 12.5 Å². The van der Waals surface area contributed by atoms with E-state index in [1.54, 1.807) is 0 Å². The molecule has 1 atom stereocenters. The van der Waals surface area contributed by atoms with Crippen molar-refractivity contribution in [3.05, 3.63) is 12.7 Å². The number of morpholine rings is 1. The van der Waals surface area contributed by atoms with Crippen LogP contribution in [0.25, 0.3) is 0 Å². The van der Waals surface area contributed by atoms with Crippen LogP contribution in [-0.4, -0.2) is 74.3 Å². The first-order valence-corrected chi connectivity index (χ1v) is 9.86. The third-order valence-electron chi connectivity index (χ3n) is 3.42. The van der Waals surface area contributed by atoms with Crippen LogP contribution in [0.3, 0.4) is 0 Å². The Morgan fingerprint density at radius 1 is 1.48 bits per heavy atom. The lowest BCUT2D eigenvalue weighted by Crippen LogP contribution is -2.46. The number of hydrogen-bond donors (Lipinski definition) is 2. The smallest absolute Gasteiger partial charge is 0.191 e. The Labute approximate surface area is 146 Å². The van der Waals surface area contributed by atoms with Crippen molar-refractivity contribution in [2.75, 3.05) is 57.4 Å². The van der Waals surface area contributed by atoms with Gasteiger partial charge in [-0.05, 0) is 12.8 Å². The summed E-state index contributed by atoms with van der Waals surface area (Å²) in [5, 5.41) is 6.67. The molecule has 1 saturated heterocycles. The maximum Gasteiger partial charge on any atom is 0.191 e. The molecule has 1 rings (SSSR count). The molecule has 1 heterocycles. The fourth-order valence-electron chi connectivity index (χ4n) is 2.52. The number of rotatable bonds is 10. The molecule has 0 saturated carbocycles. The van der Waals surface area contributed by atoms with Crippen molar-refractivity contribution >= 4 is 17.7 Å². The van der Waals surface area contributed by atoms with Crippen LogP contribution in [0.5, 0.6) is 0 Å². The molecule has 1 unspecified atom stereocenters. The van der Waals surface area contributed by atoms with Gasteiger partial charge >= 0.3 is 0 Å². The Kier molecular flexibility index (Phi) is 11.2. The van der Waals surface area contributed by atoms with Gasteiger partial charge in [0, 0.05) is 44.2 Å². The fourth-order valence-corrected chi connectivity index (χ4v) is 3.10. The van der Waals surface area contributed by atoms with E-state index >= 15 is 0 Å². The highest BCUT2D eigenvalue weighted by molar-refractivity contribution is 7.99. The summed E-state index contributed by atoms with van der Waals surface area (Å²) in [6, 6.07) is 0. The number of guanidine groups is 1. The van der Waals surface area contributed by atoms with Gasteiger partial charge in [-0.25, -0.2) is 0 Å².